The highest BCUT2D eigenvalue weighted by Crippen LogP contribution is 2.36. The second-order valence-electron chi connectivity index (χ2n) is 8.82. The lowest BCUT2D eigenvalue weighted by atomic mass is 10.1. The number of nitrogens with zero attached hydrogens (tertiary/aromatic N) is 2. The second kappa shape index (κ2) is 11.6. The van der Waals surface area contributed by atoms with Gasteiger partial charge in [-0.2, -0.15) is 0 Å². The Morgan fingerprint density at radius 1 is 1.08 bits per heavy atom. The minimum atomic E-state index is -0.587. The Balaban J connectivity index is 1.80. The van der Waals surface area contributed by atoms with Gasteiger partial charge in [0.1, 0.15) is 5.00 Å². The number of carbonyl (C=O) groups is 3. The summed E-state index contributed by atoms with van der Waals surface area (Å²) < 4.78 is 6.09. The molecule has 198 valence electrons. The largest absolute Gasteiger partial charge is 0.459 e. The Labute approximate surface area is 234 Å². The summed E-state index contributed by atoms with van der Waals surface area (Å²) in [4.78, 5) is 47.7. The number of ether oxygens (including phenoxy) is 1. The molecule has 2 amide bonds. The van der Waals surface area contributed by atoms with Gasteiger partial charge in [-0.25, -0.2) is 9.78 Å². The molecule has 0 aliphatic rings. The van der Waals surface area contributed by atoms with Crippen LogP contribution in [0.25, 0.3) is 21.5 Å². The van der Waals surface area contributed by atoms with Crippen molar-refractivity contribution in [3.05, 3.63) is 68.4 Å². The van der Waals surface area contributed by atoms with Gasteiger partial charge in [0.15, 0.2) is 0 Å². The number of nitrogens with one attached hydrogen (secondary N) is 1. The summed E-state index contributed by atoms with van der Waals surface area (Å²) in [5, 5.41) is 3.84. The Kier molecular flexibility index (Phi) is 8.50. The molecule has 0 aliphatic carbocycles. The van der Waals surface area contributed by atoms with E-state index in [4.69, 9.17) is 21.3 Å². The van der Waals surface area contributed by atoms with Gasteiger partial charge in [-0.1, -0.05) is 29.8 Å². The number of halogens is 1. The maximum atomic E-state index is 13.7. The number of fused-ring (bicyclic) bond motifs is 1. The Hall–Kier alpha value is -3.27. The third-order valence-corrected chi connectivity index (χ3v) is 8.40. The number of thiophene rings is 2. The van der Waals surface area contributed by atoms with Gasteiger partial charge in [-0.05, 0) is 64.4 Å². The van der Waals surface area contributed by atoms with Crippen molar-refractivity contribution in [2.24, 2.45) is 0 Å². The average Bonchev–Trinajstić information content (AvgIpc) is 3.46. The van der Waals surface area contributed by atoms with E-state index in [1.807, 2.05) is 44.2 Å². The smallest absolute Gasteiger partial charge is 0.341 e. The molecule has 0 saturated heterocycles. The summed E-state index contributed by atoms with van der Waals surface area (Å²) in [7, 11) is 0. The SMILES string of the molecule is CCN(CC)C(=O)c1sc(NC(=O)c2cc(-c3ccc(Cl)s3)nc3ccccc23)c(C(=O)OC(C)C)c1C. The number of esters is 1. The lowest BCUT2D eigenvalue weighted by Crippen LogP contribution is -2.30. The number of rotatable bonds is 8. The van der Waals surface area contributed by atoms with Crippen molar-refractivity contribution in [1.82, 2.24) is 9.88 Å². The van der Waals surface area contributed by atoms with E-state index < -0.39 is 11.9 Å². The fraction of sp³-hybridized carbons (Fsp3) is 0.286. The van der Waals surface area contributed by atoms with E-state index in [9.17, 15) is 14.4 Å². The second-order valence-corrected chi connectivity index (χ2v) is 11.6. The van der Waals surface area contributed by atoms with Crippen molar-refractivity contribution in [2.45, 2.75) is 40.7 Å². The number of carbonyl (C=O) groups excluding carboxylic acids is 3. The highest BCUT2D eigenvalue weighted by atomic mass is 35.5. The van der Waals surface area contributed by atoms with Crippen LogP contribution in [-0.4, -0.2) is 46.9 Å². The molecular weight excluding hydrogens is 542 g/mol. The first-order valence-corrected chi connectivity index (χ1v) is 14.3. The quantitative estimate of drug-likeness (QED) is 0.225. The van der Waals surface area contributed by atoms with E-state index in [0.717, 1.165) is 16.2 Å². The van der Waals surface area contributed by atoms with Crippen molar-refractivity contribution in [2.75, 3.05) is 18.4 Å². The van der Waals surface area contributed by atoms with Crippen LogP contribution >= 0.6 is 34.3 Å². The zero-order valence-electron chi connectivity index (χ0n) is 21.8. The van der Waals surface area contributed by atoms with E-state index >= 15 is 0 Å². The summed E-state index contributed by atoms with van der Waals surface area (Å²) >= 11 is 8.60. The Morgan fingerprint density at radius 3 is 2.42 bits per heavy atom. The molecule has 38 heavy (non-hydrogen) atoms. The molecule has 0 radical (unpaired) electrons. The predicted molar refractivity (Wildman–Crippen MR) is 155 cm³/mol. The first-order chi connectivity index (χ1) is 18.1. The summed E-state index contributed by atoms with van der Waals surface area (Å²) in [6.45, 7) is 10.1. The lowest BCUT2D eigenvalue weighted by Gasteiger charge is -2.18. The molecule has 3 heterocycles. The molecule has 4 rings (SSSR count). The van der Waals surface area contributed by atoms with Gasteiger partial charge in [0.05, 0.1) is 42.5 Å². The van der Waals surface area contributed by atoms with Crippen molar-refractivity contribution < 1.29 is 19.1 Å². The first kappa shape index (κ1) is 27.8. The van der Waals surface area contributed by atoms with Crippen molar-refractivity contribution in [3.63, 3.8) is 0 Å². The molecule has 0 unspecified atom stereocenters. The van der Waals surface area contributed by atoms with Gasteiger partial charge in [0, 0.05) is 18.5 Å². The zero-order chi connectivity index (χ0) is 27.6. The number of benzene rings is 1. The maximum Gasteiger partial charge on any atom is 0.341 e. The van der Waals surface area contributed by atoms with E-state index in [0.29, 0.717) is 50.0 Å². The molecule has 1 aromatic carbocycles. The monoisotopic (exact) mass is 569 g/mol. The van der Waals surface area contributed by atoms with Crippen molar-refractivity contribution in [3.8, 4) is 10.6 Å². The summed E-state index contributed by atoms with van der Waals surface area (Å²) in [5.41, 5.74) is 2.34. The number of pyridine rings is 1. The number of aromatic nitrogens is 1. The van der Waals surface area contributed by atoms with Crippen molar-refractivity contribution in [1.29, 1.82) is 0 Å². The van der Waals surface area contributed by atoms with Gasteiger partial charge in [0.25, 0.3) is 11.8 Å². The highest BCUT2D eigenvalue weighted by Gasteiger charge is 2.29. The van der Waals surface area contributed by atoms with Crippen LogP contribution in [0, 0.1) is 6.92 Å². The molecule has 0 atom stereocenters. The molecule has 0 spiro atoms. The Morgan fingerprint density at radius 2 is 1.79 bits per heavy atom. The highest BCUT2D eigenvalue weighted by molar-refractivity contribution is 7.19. The fourth-order valence-corrected chi connectivity index (χ4v) is 6.25. The predicted octanol–water partition coefficient (Wildman–Crippen LogP) is 7.29. The zero-order valence-corrected chi connectivity index (χ0v) is 24.1. The van der Waals surface area contributed by atoms with Crippen LogP contribution < -0.4 is 5.32 Å². The third kappa shape index (κ3) is 5.60. The van der Waals surface area contributed by atoms with E-state index in [1.165, 1.54) is 11.3 Å². The first-order valence-electron chi connectivity index (χ1n) is 12.2. The van der Waals surface area contributed by atoms with Crippen LogP contribution in [0.4, 0.5) is 5.00 Å². The topological polar surface area (TPSA) is 88.6 Å². The number of anilines is 1. The van der Waals surface area contributed by atoms with Crippen LogP contribution in [0.5, 0.6) is 0 Å². The minimum Gasteiger partial charge on any atom is -0.459 e. The van der Waals surface area contributed by atoms with Crippen LogP contribution in [0.2, 0.25) is 4.34 Å². The number of amides is 2. The molecule has 10 heteroatoms. The van der Waals surface area contributed by atoms with Gasteiger partial charge in [0.2, 0.25) is 0 Å². The molecule has 0 aliphatic heterocycles. The molecule has 4 aromatic rings. The lowest BCUT2D eigenvalue weighted by molar-refractivity contribution is 0.0379. The van der Waals surface area contributed by atoms with Crippen LogP contribution in [0.15, 0.2) is 42.5 Å². The molecule has 3 aromatic heterocycles. The number of hydrogen-bond donors (Lipinski definition) is 1. The number of hydrogen-bond acceptors (Lipinski definition) is 7. The van der Waals surface area contributed by atoms with Crippen LogP contribution in [0.3, 0.4) is 0 Å². The molecule has 7 nitrogen and oxygen atoms in total. The summed E-state index contributed by atoms with van der Waals surface area (Å²) in [6, 6.07) is 12.7. The molecule has 0 fully saturated rings. The summed E-state index contributed by atoms with van der Waals surface area (Å²) in [5.74, 6) is -1.20. The Bertz CT molecular complexity index is 1520. The molecule has 1 N–H and O–H groups in total. The van der Waals surface area contributed by atoms with E-state index in [2.05, 4.69) is 5.32 Å². The van der Waals surface area contributed by atoms with Crippen LogP contribution in [0.1, 0.15) is 63.6 Å². The molecule has 0 bridgehead atoms. The van der Waals surface area contributed by atoms with Gasteiger partial charge in [-0.15, -0.1) is 22.7 Å². The van der Waals surface area contributed by atoms with Gasteiger partial charge in [-0.3, -0.25) is 9.59 Å². The third-order valence-electron chi connectivity index (χ3n) is 5.95. The van der Waals surface area contributed by atoms with E-state index in [-0.39, 0.29) is 22.6 Å². The fourth-order valence-electron chi connectivity index (χ4n) is 4.09. The minimum absolute atomic E-state index is 0.191. The summed E-state index contributed by atoms with van der Waals surface area (Å²) in [6.07, 6.45) is -0.364. The van der Waals surface area contributed by atoms with Gasteiger partial charge >= 0.3 is 5.97 Å². The maximum absolute atomic E-state index is 13.7. The average molecular weight is 570 g/mol. The standard InChI is InChI=1S/C28H28ClN3O4S2/c1-6-32(7-2)27(34)24-16(5)23(28(35)36-15(3)4)26(38-24)31-25(33)18-14-20(21-12-13-22(29)37-21)30-19-11-9-8-10-17(18)19/h8-15H,6-7H2,1-5H3,(H,31,33). The van der Waals surface area contributed by atoms with Crippen molar-refractivity contribution >= 4 is 68.0 Å². The van der Waals surface area contributed by atoms with Gasteiger partial charge < -0.3 is 15.0 Å². The normalized spacial score (nSPS) is 11.1. The molecule has 0 saturated carbocycles. The van der Waals surface area contributed by atoms with E-state index in [1.54, 1.807) is 37.8 Å². The molecular formula is C28H28ClN3O4S2. The van der Waals surface area contributed by atoms with Crippen LogP contribution in [-0.2, 0) is 4.74 Å². The number of para-hydroxylation sites is 1.